The second-order valence-corrected chi connectivity index (χ2v) is 9.70. The number of benzene rings is 1. The van der Waals surface area contributed by atoms with Gasteiger partial charge in [0.25, 0.3) is 5.91 Å². The number of carbonyl (C=O) groups excluding carboxylic acids is 3. The van der Waals surface area contributed by atoms with Crippen molar-refractivity contribution in [1.29, 1.82) is 0 Å². The molecule has 4 aliphatic rings. The third-order valence-corrected chi connectivity index (χ3v) is 7.73. The molecular weight excluding hydrogens is 422 g/mol. The monoisotopic (exact) mass is 455 g/mol. The molecule has 0 radical (unpaired) electrons. The third kappa shape index (κ3) is 4.51. The molecule has 1 aliphatic carbocycles. The molecule has 3 atom stereocenters. The lowest BCUT2D eigenvalue weighted by Crippen LogP contribution is -2.52. The van der Waals surface area contributed by atoms with Gasteiger partial charge in [-0.15, -0.1) is 0 Å². The van der Waals surface area contributed by atoms with Crippen LogP contribution >= 0.6 is 0 Å². The van der Waals surface area contributed by atoms with E-state index in [-0.39, 0.29) is 30.2 Å². The molecule has 3 heterocycles. The van der Waals surface area contributed by atoms with Crippen molar-refractivity contribution in [3.8, 4) is 5.75 Å². The Morgan fingerprint density at radius 2 is 1.79 bits per heavy atom. The van der Waals surface area contributed by atoms with Gasteiger partial charge in [0.15, 0.2) is 0 Å². The number of hydrogen-bond acceptors (Lipinski definition) is 6. The SMILES string of the molecule is COC1CCN([C@@H]2CCCC[C@H]2Oc2ccc3c(c2)CN(C2CCC(=O)NC2=O)C3=O)CC1. The minimum Gasteiger partial charge on any atom is -0.489 e. The minimum atomic E-state index is -0.593. The van der Waals surface area contributed by atoms with E-state index < -0.39 is 6.04 Å². The number of methoxy groups -OCH3 is 1. The third-order valence-electron chi connectivity index (χ3n) is 7.73. The minimum absolute atomic E-state index is 0.138. The van der Waals surface area contributed by atoms with E-state index in [0.29, 0.717) is 30.7 Å². The number of nitrogens with zero attached hydrogens (tertiary/aromatic N) is 2. The Hall–Kier alpha value is -2.45. The van der Waals surface area contributed by atoms with Crippen molar-refractivity contribution >= 4 is 17.7 Å². The van der Waals surface area contributed by atoms with Crippen LogP contribution in [0.1, 0.15) is 67.3 Å². The standard InChI is InChI=1S/C25H33N3O5/c1-32-17-10-12-27(13-11-17)20-4-2-3-5-22(20)33-18-6-7-19-16(14-18)15-28(25(19)31)21-8-9-23(29)26-24(21)30/h6-7,14,17,20-22H,2-5,8-13,15H2,1H3,(H,26,29,30)/t20-,21?,22-/m1/s1. The Kier molecular flexibility index (Phi) is 6.38. The van der Waals surface area contributed by atoms with Crippen LogP contribution in [0.2, 0.25) is 0 Å². The van der Waals surface area contributed by atoms with Gasteiger partial charge in [-0.25, -0.2) is 0 Å². The Morgan fingerprint density at radius 1 is 1.00 bits per heavy atom. The Bertz CT molecular complexity index is 927. The summed E-state index contributed by atoms with van der Waals surface area (Å²) in [5, 5.41) is 2.35. The van der Waals surface area contributed by atoms with E-state index in [4.69, 9.17) is 9.47 Å². The first-order valence-corrected chi connectivity index (χ1v) is 12.2. The average molecular weight is 456 g/mol. The molecule has 1 N–H and O–H groups in total. The van der Waals surface area contributed by atoms with E-state index >= 15 is 0 Å². The number of rotatable bonds is 5. The molecule has 5 rings (SSSR count). The van der Waals surface area contributed by atoms with Crippen molar-refractivity contribution in [2.45, 2.75) is 82.2 Å². The first kappa shape index (κ1) is 22.3. The van der Waals surface area contributed by atoms with Gasteiger partial charge in [-0.1, -0.05) is 6.42 Å². The summed E-state index contributed by atoms with van der Waals surface area (Å²) in [6.45, 7) is 2.46. The van der Waals surface area contributed by atoms with Crippen LogP contribution in [0.3, 0.4) is 0 Å². The van der Waals surface area contributed by atoms with Crippen LogP contribution in [0.4, 0.5) is 0 Å². The van der Waals surface area contributed by atoms with Crippen LogP contribution in [-0.4, -0.2) is 72.0 Å². The largest absolute Gasteiger partial charge is 0.489 e. The number of amides is 3. The second-order valence-electron chi connectivity index (χ2n) is 9.70. The lowest BCUT2D eigenvalue weighted by molar-refractivity contribution is -0.136. The molecule has 2 saturated heterocycles. The maximum Gasteiger partial charge on any atom is 0.255 e. The summed E-state index contributed by atoms with van der Waals surface area (Å²) in [6.07, 6.45) is 7.85. The van der Waals surface area contributed by atoms with Crippen molar-refractivity contribution in [1.82, 2.24) is 15.1 Å². The van der Waals surface area contributed by atoms with Crippen LogP contribution in [-0.2, 0) is 20.9 Å². The number of fused-ring (bicyclic) bond motifs is 1. The number of piperidine rings is 2. The first-order chi connectivity index (χ1) is 16.0. The number of likely N-dealkylation sites (tertiary alicyclic amines) is 1. The summed E-state index contributed by atoms with van der Waals surface area (Å²) in [4.78, 5) is 40.8. The van der Waals surface area contributed by atoms with Gasteiger partial charge in [0.1, 0.15) is 17.9 Å². The van der Waals surface area contributed by atoms with Crippen molar-refractivity contribution in [3.05, 3.63) is 29.3 Å². The van der Waals surface area contributed by atoms with Crippen LogP contribution < -0.4 is 10.1 Å². The van der Waals surface area contributed by atoms with E-state index in [2.05, 4.69) is 10.2 Å². The Labute approximate surface area is 194 Å². The van der Waals surface area contributed by atoms with Gasteiger partial charge in [-0.3, -0.25) is 24.6 Å². The fraction of sp³-hybridized carbons (Fsp3) is 0.640. The number of nitrogens with one attached hydrogen (secondary N) is 1. The molecule has 1 unspecified atom stereocenters. The lowest BCUT2D eigenvalue weighted by Gasteiger charge is -2.42. The van der Waals surface area contributed by atoms with E-state index in [1.165, 1.54) is 12.8 Å². The number of ether oxygens (including phenoxy) is 2. The van der Waals surface area contributed by atoms with Crippen molar-refractivity contribution in [2.24, 2.45) is 0 Å². The first-order valence-electron chi connectivity index (χ1n) is 12.2. The number of carbonyl (C=O) groups is 3. The normalized spacial score (nSPS) is 29.2. The van der Waals surface area contributed by atoms with Gasteiger partial charge in [0.2, 0.25) is 11.8 Å². The van der Waals surface area contributed by atoms with Gasteiger partial charge in [0, 0.05) is 44.8 Å². The molecule has 3 amide bonds. The molecule has 3 fully saturated rings. The lowest BCUT2D eigenvalue weighted by atomic mass is 9.89. The zero-order chi connectivity index (χ0) is 22.9. The maximum absolute atomic E-state index is 12.9. The fourth-order valence-electron chi connectivity index (χ4n) is 5.87. The summed E-state index contributed by atoms with van der Waals surface area (Å²) >= 11 is 0. The molecule has 0 bridgehead atoms. The van der Waals surface area contributed by atoms with Crippen molar-refractivity contribution < 1.29 is 23.9 Å². The average Bonchev–Trinajstić information content (AvgIpc) is 3.15. The molecule has 8 heteroatoms. The molecule has 0 spiro atoms. The molecule has 0 aromatic heterocycles. The molecule has 33 heavy (non-hydrogen) atoms. The quantitative estimate of drug-likeness (QED) is 0.686. The molecule has 3 aliphatic heterocycles. The zero-order valence-corrected chi connectivity index (χ0v) is 19.3. The highest BCUT2D eigenvalue weighted by Gasteiger charge is 2.39. The highest BCUT2D eigenvalue weighted by molar-refractivity contribution is 6.05. The van der Waals surface area contributed by atoms with Gasteiger partial charge >= 0.3 is 0 Å². The van der Waals surface area contributed by atoms with Crippen LogP contribution in [0.5, 0.6) is 5.75 Å². The predicted molar refractivity (Wildman–Crippen MR) is 121 cm³/mol. The molecular formula is C25H33N3O5. The Morgan fingerprint density at radius 3 is 2.55 bits per heavy atom. The van der Waals surface area contributed by atoms with Crippen LogP contribution in [0.25, 0.3) is 0 Å². The maximum atomic E-state index is 12.9. The number of hydrogen-bond donors (Lipinski definition) is 1. The summed E-state index contributed by atoms with van der Waals surface area (Å²) < 4.78 is 12.1. The molecule has 1 saturated carbocycles. The van der Waals surface area contributed by atoms with E-state index in [0.717, 1.165) is 50.1 Å². The summed E-state index contributed by atoms with van der Waals surface area (Å²) in [5.74, 6) is -0.0197. The van der Waals surface area contributed by atoms with Gasteiger partial charge in [-0.2, -0.15) is 0 Å². The highest BCUT2D eigenvalue weighted by atomic mass is 16.5. The molecule has 1 aromatic rings. The predicted octanol–water partition coefficient (Wildman–Crippen LogP) is 2.25. The van der Waals surface area contributed by atoms with Gasteiger partial charge in [-0.05, 0) is 62.3 Å². The van der Waals surface area contributed by atoms with Gasteiger partial charge < -0.3 is 14.4 Å². The van der Waals surface area contributed by atoms with Crippen molar-refractivity contribution in [3.63, 3.8) is 0 Å². The van der Waals surface area contributed by atoms with E-state index in [1.807, 2.05) is 18.2 Å². The number of imide groups is 1. The highest BCUT2D eigenvalue weighted by Crippen LogP contribution is 2.33. The van der Waals surface area contributed by atoms with Gasteiger partial charge in [0.05, 0.1) is 6.10 Å². The summed E-state index contributed by atoms with van der Waals surface area (Å²) in [5.41, 5.74) is 1.50. The van der Waals surface area contributed by atoms with Crippen molar-refractivity contribution in [2.75, 3.05) is 20.2 Å². The molecule has 178 valence electrons. The second kappa shape index (κ2) is 9.43. The smallest absolute Gasteiger partial charge is 0.255 e. The molecule has 8 nitrogen and oxygen atoms in total. The van der Waals surface area contributed by atoms with Crippen LogP contribution in [0, 0.1) is 0 Å². The Balaban J connectivity index is 1.27. The zero-order valence-electron chi connectivity index (χ0n) is 19.3. The topological polar surface area (TPSA) is 88.2 Å². The molecule has 1 aromatic carbocycles. The summed E-state index contributed by atoms with van der Waals surface area (Å²) in [6, 6.07) is 5.48. The van der Waals surface area contributed by atoms with E-state index in [9.17, 15) is 14.4 Å². The van der Waals surface area contributed by atoms with Crippen LogP contribution in [0.15, 0.2) is 18.2 Å². The van der Waals surface area contributed by atoms with E-state index in [1.54, 1.807) is 12.0 Å². The fourth-order valence-corrected chi connectivity index (χ4v) is 5.87. The summed E-state index contributed by atoms with van der Waals surface area (Å²) in [7, 11) is 1.80.